The van der Waals surface area contributed by atoms with Crippen molar-refractivity contribution in [2.45, 2.75) is 88.3 Å². The Morgan fingerprint density at radius 3 is 2.29 bits per heavy atom. The highest BCUT2D eigenvalue weighted by molar-refractivity contribution is 6.03. The lowest BCUT2D eigenvalue weighted by Crippen LogP contribution is -2.38. The molecule has 2 aliphatic heterocycles. The fourth-order valence-electron chi connectivity index (χ4n) is 5.74. The van der Waals surface area contributed by atoms with Gasteiger partial charge in [0.05, 0.1) is 12.5 Å². The van der Waals surface area contributed by atoms with Crippen molar-refractivity contribution in [1.29, 1.82) is 0 Å². The van der Waals surface area contributed by atoms with E-state index in [0.29, 0.717) is 32.5 Å². The average Bonchev–Trinajstić information content (AvgIpc) is 3.23. The van der Waals surface area contributed by atoms with E-state index in [9.17, 15) is 9.59 Å². The van der Waals surface area contributed by atoms with Crippen LogP contribution in [0.25, 0.3) is 0 Å². The van der Waals surface area contributed by atoms with E-state index in [1.54, 1.807) is 0 Å². The minimum atomic E-state index is -0.266. The third-order valence-corrected chi connectivity index (χ3v) is 6.57. The zero-order valence-electron chi connectivity index (χ0n) is 21.4. The number of ether oxygens (including phenoxy) is 1. The summed E-state index contributed by atoms with van der Waals surface area (Å²) >= 11 is 0. The van der Waals surface area contributed by atoms with Gasteiger partial charge in [0.2, 0.25) is 11.8 Å². The molecule has 0 bridgehead atoms. The number of hydrogen-bond acceptors (Lipinski definition) is 4. The third kappa shape index (κ3) is 8.57. The number of aryl methyl sites for hydroxylation is 1. The summed E-state index contributed by atoms with van der Waals surface area (Å²) in [6, 6.07) is 8.35. The van der Waals surface area contributed by atoms with Crippen molar-refractivity contribution in [2.75, 3.05) is 26.2 Å². The third-order valence-electron chi connectivity index (χ3n) is 6.57. The molecule has 2 fully saturated rings. The summed E-state index contributed by atoms with van der Waals surface area (Å²) in [6.07, 6.45) is 2.76. The van der Waals surface area contributed by atoms with Crippen LogP contribution in [0.15, 0.2) is 36.4 Å². The first-order valence-corrected chi connectivity index (χ1v) is 12.3. The van der Waals surface area contributed by atoms with Gasteiger partial charge in [0.25, 0.3) is 0 Å². The van der Waals surface area contributed by atoms with Gasteiger partial charge in [0, 0.05) is 26.1 Å². The maximum Gasteiger partial charge on any atom is 0.233 e. The molecule has 35 heavy (non-hydrogen) atoms. The van der Waals surface area contributed by atoms with Crippen LogP contribution in [-0.4, -0.2) is 47.9 Å². The first-order valence-electron chi connectivity index (χ1n) is 12.3. The second-order valence-electron chi connectivity index (χ2n) is 12.0. The molecule has 5 nitrogen and oxygen atoms in total. The van der Waals surface area contributed by atoms with Crippen LogP contribution < -0.4 is 0 Å². The van der Waals surface area contributed by atoms with Crippen LogP contribution in [0.2, 0.25) is 0 Å². The zero-order chi connectivity index (χ0) is 24.4. The molecule has 1 aromatic carbocycles. The second kappa shape index (κ2) is 12.3. The largest absolute Gasteiger partial charge is 0.358 e. The van der Waals surface area contributed by atoms with Gasteiger partial charge in [-0.2, -0.15) is 0 Å². The molecule has 0 aliphatic carbocycles. The van der Waals surface area contributed by atoms with Crippen molar-refractivity contribution in [3.8, 4) is 0 Å². The highest BCUT2D eigenvalue weighted by Crippen LogP contribution is 2.39. The number of imide groups is 1. The first kappa shape index (κ1) is 31.1. The molecule has 2 aliphatic rings. The Balaban J connectivity index is 0.00000306. The van der Waals surface area contributed by atoms with E-state index in [1.807, 2.05) is 0 Å². The van der Waals surface area contributed by atoms with Crippen molar-refractivity contribution in [1.82, 2.24) is 9.80 Å². The summed E-state index contributed by atoms with van der Waals surface area (Å²) in [6.45, 7) is 20.1. The molecule has 5 heteroatoms. The van der Waals surface area contributed by atoms with Crippen molar-refractivity contribution < 1.29 is 14.3 Å². The number of likely N-dealkylation sites (tertiary alicyclic amines) is 1. The Kier molecular flexibility index (Phi) is 10.9. The maximum atomic E-state index is 13.1. The lowest BCUT2D eigenvalue weighted by atomic mass is 9.72. The summed E-state index contributed by atoms with van der Waals surface area (Å²) in [5.74, 6) is -0.362. The van der Waals surface area contributed by atoms with Crippen LogP contribution in [0.4, 0.5) is 0 Å². The molecule has 2 unspecified atom stereocenters. The number of amides is 2. The summed E-state index contributed by atoms with van der Waals surface area (Å²) in [7, 11) is 0. The molecule has 0 N–H and O–H groups in total. The lowest BCUT2D eigenvalue weighted by Gasteiger charge is -2.33. The van der Waals surface area contributed by atoms with Crippen LogP contribution in [0, 0.1) is 23.7 Å². The van der Waals surface area contributed by atoms with Crippen LogP contribution in [0.1, 0.15) is 92.5 Å². The SMILES string of the molecule is C.C.C=C(CC1CC(=O)N(CCN2CCOC2c2ccc(C)cc2)C1=O)CC(C)(C)CC(C)(C)C. The molecular formula is C30H50N2O3. The quantitative estimate of drug-likeness (QED) is 0.285. The zero-order valence-corrected chi connectivity index (χ0v) is 21.4. The molecule has 2 atom stereocenters. The molecule has 198 valence electrons. The topological polar surface area (TPSA) is 49.9 Å². The molecule has 1 aromatic rings. The van der Waals surface area contributed by atoms with Crippen LogP contribution >= 0.6 is 0 Å². The molecular weight excluding hydrogens is 436 g/mol. The second-order valence-corrected chi connectivity index (χ2v) is 12.0. The molecule has 2 heterocycles. The fraction of sp³-hybridized carbons (Fsp3) is 0.667. The predicted molar refractivity (Wildman–Crippen MR) is 146 cm³/mol. The monoisotopic (exact) mass is 486 g/mol. The highest BCUT2D eigenvalue weighted by atomic mass is 16.5. The van der Waals surface area contributed by atoms with E-state index < -0.39 is 0 Å². The predicted octanol–water partition coefficient (Wildman–Crippen LogP) is 6.77. The van der Waals surface area contributed by atoms with Crippen molar-refractivity contribution in [3.05, 3.63) is 47.5 Å². The van der Waals surface area contributed by atoms with Crippen LogP contribution in [0.5, 0.6) is 0 Å². The number of carbonyl (C=O) groups is 2. The van der Waals surface area contributed by atoms with Gasteiger partial charge >= 0.3 is 0 Å². The summed E-state index contributed by atoms with van der Waals surface area (Å²) in [4.78, 5) is 29.4. The number of nitrogens with zero attached hydrogens (tertiary/aromatic N) is 2. The Morgan fingerprint density at radius 2 is 1.69 bits per heavy atom. The standard InChI is InChI=1S/C28H42N2O3.2CH4/c1-20-8-10-22(11-9-20)26-29(14-15-33-26)12-13-30-24(31)17-23(25(30)32)16-21(2)18-28(6,7)19-27(3,4)5;;/h8-11,23,26H,2,12-19H2,1,3-7H3;2*1H4. The lowest BCUT2D eigenvalue weighted by molar-refractivity contribution is -0.139. The molecule has 2 amide bonds. The molecule has 0 spiro atoms. The van der Waals surface area contributed by atoms with Crippen molar-refractivity contribution >= 4 is 11.8 Å². The average molecular weight is 487 g/mol. The van der Waals surface area contributed by atoms with E-state index in [4.69, 9.17) is 4.74 Å². The van der Waals surface area contributed by atoms with Gasteiger partial charge in [-0.25, -0.2) is 0 Å². The van der Waals surface area contributed by atoms with E-state index in [-0.39, 0.29) is 49.6 Å². The number of benzene rings is 1. The molecule has 2 saturated heterocycles. The van der Waals surface area contributed by atoms with Gasteiger partial charge in [0.1, 0.15) is 6.23 Å². The fourth-order valence-corrected chi connectivity index (χ4v) is 5.74. The smallest absolute Gasteiger partial charge is 0.233 e. The van der Waals surface area contributed by atoms with Gasteiger partial charge in [0.15, 0.2) is 0 Å². The van der Waals surface area contributed by atoms with E-state index in [1.165, 1.54) is 10.5 Å². The van der Waals surface area contributed by atoms with Gasteiger partial charge in [-0.15, -0.1) is 0 Å². The van der Waals surface area contributed by atoms with Crippen LogP contribution in [0.3, 0.4) is 0 Å². The molecule has 3 rings (SSSR count). The van der Waals surface area contributed by atoms with E-state index in [0.717, 1.165) is 30.5 Å². The minimum Gasteiger partial charge on any atom is -0.358 e. The number of allylic oxidation sites excluding steroid dienone is 1. The van der Waals surface area contributed by atoms with E-state index in [2.05, 4.69) is 77.3 Å². The normalized spacial score (nSPS) is 21.1. The number of hydrogen-bond donors (Lipinski definition) is 0. The van der Waals surface area contributed by atoms with Gasteiger partial charge in [-0.3, -0.25) is 19.4 Å². The summed E-state index contributed by atoms with van der Waals surface area (Å²) < 4.78 is 5.94. The Morgan fingerprint density at radius 1 is 1.06 bits per heavy atom. The maximum absolute atomic E-state index is 13.1. The Hall–Kier alpha value is -1.98. The van der Waals surface area contributed by atoms with Crippen LogP contribution in [-0.2, 0) is 14.3 Å². The Bertz CT molecular complexity index is 867. The molecule has 0 saturated carbocycles. The molecule has 0 radical (unpaired) electrons. The molecule has 0 aromatic heterocycles. The Labute approximate surface area is 214 Å². The highest BCUT2D eigenvalue weighted by Gasteiger charge is 2.39. The van der Waals surface area contributed by atoms with Gasteiger partial charge in [-0.1, -0.05) is 91.5 Å². The van der Waals surface area contributed by atoms with Crippen molar-refractivity contribution in [3.63, 3.8) is 0 Å². The van der Waals surface area contributed by atoms with Gasteiger partial charge < -0.3 is 4.74 Å². The minimum absolute atomic E-state index is 0. The number of carbonyl (C=O) groups excluding carboxylic acids is 2. The van der Waals surface area contributed by atoms with Gasteiger partial charge in [-0.05, 0) is 42.6 Å². The van der Waals surface area contributed by atoms with Crippen molar-refractivity contribution in [2.24, 2.45) is 16.7 Å². The summed E-state index contributed by atoms with van der Waals surface area (Å²) in [5.41, 5.74) is 3.77. The summed E-state index contributed by atoms with van der Waals surface area (Å²) in [5, 5.41) is 0. The van der Waals surface area contributed by atoms with E-state index >= 15 is 0 Å². The number of rotatable bonds is 9. The first-order chi connectivity index (χ1) is 15.3.